The van der Waals surface area contributed by atoms with Gasteiger partial charge in [-0.1, -0.05) is 206 Å². The van der Waals surface area contributed by atoms with E-state index in [-0.39, 0.29) is 19.4 Å². The van der Waals surface area contributed by atoms with E-state index in [1.165, 1.54) is 154 Å². The normalized spacial score (nSPS) is 13.6. The highest BCUT2D eigenvalue weighted by atomic mass is 31.2. The number of esters is 2. The monoisotopic (exact) mass is 820 g/mol. The van der Waals surface area contributed by atoms with Crippen LogP contribution in [0.25, 0.3) is 0 Å². The molecule has 1 unspecified atom stereocenters. The summed E-state index contributed by atoms with van der Waals surface area (Å²) in [7, 11) is -4.71. The van der Waals surface area contributed by atoms with Gasteiger partial charge in [-0.15, -0.1) is 0 Å². The predicted octanol–water partition coefficient (Wildman–Crippen LogP) is 12.3. The summed E-state index contributed by atoms with van der Waals surface area (Å²) in [5, 5.41) is 8.89. The van der Waals surface area contributed by atoms with Crippen molar-refractivity contribution in [1.29, 1.82) is 0 Å². The molecule has 4 N–H and O–H groups in total. The van der Waals surface area contributed by atoms with E-state index in [0.29, 0.717) is 12.8 Å². The number of phosphoric ester groups is 1. The maximum atomic E-state index is 12.6. The molecule has 12 heteroatoms. The quantitative estimate of drug-likeness (QED) is 0.0303. The second-order valence-corrected chi connectivity index (χ2v) is 17.4. The molecule has 332 valence electrons. The van der Waals surface area contributed by atoms with Crippen LogP contribution in [-0.2, 0) is 37.5 Å². The Kier molecular flexibility index (Phi) is 39.2. The van der Waals surface area contributed by atoms with Crippen LogP contribution >= 0.6 is 7.82 Å². The highest BCUT2D eigenvalue weighted by Crippen LogP contribution is 2.43. The van der Waals surface area contributed by atoms with Crippen molar-refractivity contribution in [3.63, 3.8) is 0 Å². The maximum Gasteiger partial charge on any atom is 0.472 e. The Morgan fingerprint density at radius 2 is 0.786 bits per heavy atom. The summed E-state index contributed by atoms with van der Waals surface area (Å²) >= 11 is 0. The van der Waals surface area contributed by atoms with Gasteiger partial charge in [-0.2, -0.15) is 0 Å². The number of phosphoric acid groups is 1. The van der Waals surface area contributed by atoms with E-state index in [1.54, 1.807) is 0 Å². The van der Waals surface area contributed by atoms with Crippen molar-refractivity contribution in [1.82, 2.24) is 0 Å². The lowest BCUT2D eigenvalue weighted by molar-refractivity contribution is -0.161. The first-order valence-electron chi connectivity index (χ1n) is 23.1. The van der Waals surface area contributed by atoms with Crippen LogP contribution in [-0.4, -0.2) is 59.9 Å². The molecule has 0 spiro atoms. The molecule has 0 aromatic carbocycles. The molecule has 0 aliphatic carbocycles. The van der Waals surface area contributed by atoms with E-state index in [1.807, 2.05) is 0 Å². The van der Waals surface area contributed by atoms with Crippen LogP contribution in [0, 0.1) is 0 Å². The van der Waals surface area contributed by atoms with Gasteiger partial charge in [0.2, 0.25) is 0 Å². The molecule has 0 aromatic rings. The van der Waals surface area contributed by atoms with Crippen molar-refractivity contribution in [3.8, 4) is 0 Å². The van der Waals surface area contributed by atoms with Gasteiger partial charge >= 0.3 is 25.7 Å². The minimum atomic E-state index is -4.71. The average molecular weight is 820 g/mol. The van der Waals surface area contributed by atoms with Crippen LogP contribution < -0.4 is 5.73 Å². The van der Waals surface area contributed by atoms with Gasteiger partial charge < -0.3 is 25.2 Å². The van der Waals surface area contributed by atoms with Gasteiger partial charge in [0, 0.05) is 12.8 Å². The molecule has 0 aromatic heterocycles. The molecule has 0 saturated heterocycles. The number of hydrogen-bond acceptors (Lipinski definition) is 9. The van der Waals surface area contributed by atoms with E-state index in [9.17, 15) is 23.8 Å². The first kappa shape index (κ1) is 54.5. The van der Waals surface area contributed by atoms with Gasteiger partial charge in [0.25, 0.3) is 0 Å². The summed E-state index contributed by atoms with van der Waals surface area (Å²) in [5.74, 6) is -2.36. The van der Waals surface area contributed by atoms with Crippen LogP contribution in [0.1, 0.15) is 232 Å². The minimum Gasteiger partial charge on any atom is -0.480 e. The number of carboxylic acid groups (broad SMARTS) is 1. The Morgan fingerprint density at radius 1 is 0.482 bits per heavy atom. The molecule has 0 fully saturated rings. The van der Waals surface area contributed by atoms with Crippen molar-refractivity contribution in [2.45, 2.75) is 244 Å². The predicted molar refractivity (Wildman–Crippen MR) is 227 cm³/mol. The zero-order chi connectivity index (χ0) is 41.4. The fourth-order valence-electron chi connectivity index (χ4n) is 6.71. The molecular formula is C44H86NO10P. The smallest absolute Gasteiger partial charge is 0.472 e. The Balaban J connectivity index is 4.25. The minimum absolute atomic E-state index is 0.170. The van der Waals surface area contributed by atoms with Gasteiger partial charge in [0.1, 0.15) is 12.6 Å². The van der Waals surface area contributed by atoms with Crippen molar-refractivity contribution in [3.05, 3.63) is 0 Å². The van der Waals surface area contributed by atoms with Gasteiger partial charge in [-0.3, -0.25) is 23.4 Å². The SMILES string of the molecule is CCCCCCCCCCCCCCCCCCCCCC(=O)O[C@H](COC(=O)CCCCCCCCCCCCCCC)COP(=O)(O)OC[C@H](N)C(=O)O. The van der Waals surface area contributed by atoms with E-state index in [0.717, 1.165) is 38.5 Å². The number of rotatable bonds is 44. The summed E-state index contributed by atoms with van der Waals surface area (Å²) in [6, 6.07) is -1.52. The molecule has 0 rings (SSSR count). The van der Waals surface area contributed by atoms with E-state index in [2.05, 4.69) is 18.4 Å². The van der Waals surface area contributed by atoms with E-state index in [4.69, 9.17) is 24.8 Å². The maximum absolute atomic E-state index is 12.6. The third kappa shape index (κ3) is 39.3. The molecule has 0 amide bonds. The van der Waals surface area contributed by atoms with Gasteiger partial charge in [0.05, 0.1) is 13.2 Å². The van der Waals surface area contributed by atoms with Crippen molar-refractivity contribution >= 4 is 25.7 Å². The molecule has 0 saturated carbocycles. The van der Waals surface area contributed by atoms with E-state index >= 15 is 0 Å². The highest BCUT2D eigenvalue weighted by molar-refractivity contribution is 7.47. The van der Waals surface area contributed by atoms with Crippen LogP contribution in [0.4, 0.5) is 0 Å². The molecule has 56 heavy (non-hydrogen) atoms. The highest BCUT2D eigenvalue weighted by Gasteiger charge is 2.28. The third-order valence-electron chi connectivity index (χ3n) is 10.4. The van der Waals surface area contributed by atoms with Crippen LogP contribution in [0.5, 0.6) is 0 Å². The van der Waals surface area contributed by atoms with Crippen molar-refractivity contribution in [2.75, 3.05) is 19.8 Å². The molecule has 3 atom stereocenters. The average Bonchev–Trinajstić information content (AvgIpc) is 3.17. The number of ether oxygens (including phenoxy) is 2. The largest absolute Gasteiger partial charge is 0.480 e. The number of carbonyl (C=O) groups is 3. The standard InChI is InChI=1S/C44H86NO10P/c1-3-5-7-9-11-13-15-17-18-19-20-21-22-24-26-28-30-32-34-36-43(47)55-40(38-53-56(50,51)54-39-41(45)44(48)49)37-52-42(46)35-33-31-29-27-25-23-16-14-12-10-8-6-4-2/h40-41H,3-39,45H2,1-2H3,(H,48,49)(H,50,51)/t40-,41+/m1/s1. The van der Waals surface area contributed by atoms with Crippen molar-refractivity contribution < 1.29 is 47.5 Å². The number of carboxylic acids is 1. The Hall–Kier alpha value is -1.52. The van der Waals surface area contributed by atoms with Crippen LogP contribution in [0.15, 0.2) is 0 Å². The molecule has 0 bridgehead atoms. The molecule has 0 aliphatic heterocycles. The summed E-state index contributed by atoms with van der Waals surface area (Å²) in [5.41, 5.74) is 5.34. The second kappa shape index (κ2) is 40.3. The molecular weight excluding hydrogens is 733 g/mol. The fraction of sp³-hybridized carbons (Fsp3) is 0.932. The molecule has 0 aliphatic rings. The number of unbranched alkanes of at least 4 members (excludes halogenated alkanes) is 30. The number of aliphatic carboxylic acids is 1. The van der Waals surface area contributed by atoms with E-state index < -0.39 is 51.1 Å². The zero-order valence-electron chi connectivity index (χ0n) is 36.0. The van der Waals surface area contributed by atoms with Crippen molar-refractivity contribution in [2.24, 2.45) is 5.73 Å². The zero-order valence-corrected chi connectivity index (χ0v) is 36.9. The molecule has 0 radical (unpaired) electrons. The second-order valence-electron chi connectivity index (χ2n) is 15.9. The Morgan fingerprint density at radius 3 is 1.12 bits per heavy atom. The van der Waals surface area contributed by atoms with Crippen LogP contribution in [0.3, 0.4) is 0 Å². The Bertz CT molecular complexity index is 968. The van der Waals surface area contributed by atoms with Gasteiger partial charge in [0.15, 0.2) is 6.10 Å². The fourth-order valence-corrected chi connectivity index (χ4v) is 7.49. The Labute approximate surface area is 342 Å². The number of carbonyl (C=O) groups excluding carboxylic acids is 2. The third-order valence-corrected chi connectivity index (χ3v) is 11.3. The molecule has 11 nitrogen and oxygen atoms in total. The summed E-state index contributed by atoms with van der Waals surface area (Å²) in [4.78, 5) is 46.0. The first-order chi connectivity index (χ1) is 27.1. The molecule has 0 heterocycles. The van der Waals surface area contributed by atoms with Crippen LogP contribution in [0.2, 0.25) is 0 Å². The summed E-state index contributed by atoms with van der Waals surface area (Å²) < 4.78 is 32.7. The first-order valence-corrected chi connectivity index (χ1v) is 24.6. The number of hydrogen-bond donors (Lipinski definition) is 3. The summed E-state index contributed by atoms with van der Waals surface area (Å²) in [6.45, 7) is 2.84. The topological polar surface area (TPSA) is 172 Å². The lowest BCUT2D eigenvalue weighted by atomic mass is 10.0. The lowest BCUT2D eigenvalue weighted by Gasteiger charge is -2.20. The van der Waals surface area contributed by atoms with Gasteiger partial charge in [-0.05, 0) is 12.8 Å². The summed E-state index contributed by atoms with van der Waals surface area (Å²) in [6.07, 6.45) is 38.8. The lowest BCUT2D eigenvalue weighted by Crippen LogP contribution is -2.34. The van der Waals surface area contributed by atoms with Gasteiger partial charge in [-0.25, -0.2) is 4.57 Å². The number of nitrogens with two attached hydrogens (primary N) is 1.